The molecule has 7 nitrogen and oxygen atoms in total. The van der Waals surface area contributed by atoms with E-state index in [1.807, 2.05) is 19.1 Å². The molecule has 0 saturated carbocycles. The van der Waals surface area contributed by atoms with E-state index < -0.39 is 57.4 Å². The van der Waals surface area contributed by atoms with E-state index in [-0.39, 0.29) is 16.5 Å². The van der Waals surface area contributed by atoms with Gasteiger partial charge in [-0.2, -0.15) is 13.2 Å². The highest BCUT2D eigenvalue weighted by molar-refractivity contribution is 7.92. The van der Waals surface area contributed by atoms with Gasteiger partial charge in [0.05, 0.1) is 21.2 Å². The molecular formula is C30H33ClF3N3O4S. The van der Waals surface area contributed by atoms with Crippen molar-refractivity contribution in [2.75, 3.05) is 10.8 Å². The molecule has 0 heterocycles. The summed E-state index contributed by atoms with van der Waals surface area (Å²) in [7, 11) is -4.59. The number of rotatable bonds is 9. The van der Waals surface area contributed by atoms with Crippen LogP contribution in [-0.4, -0.2) is 43.3 Å². The molecular weight excluding hydrogens is 591 g/mol. The van der Waals surface area contributed by atoms with Crippen molar-refractivity contribution in [1.82, 2.24) is 10.2 Å². The molecule has 2 amide bonds. The number of halogens is 4. The number of hydrogen-bond acceptors (Lipinski definition) is 4. The monoisotopic (exact) mass is 623 g/mol. The van der Waals surface area contributed by atoms with Crippen LogP contribution in [0.15, 0.2) is 77.7 Å². The van der Waals surface area contributed by atoms with Crippen LogP contribution in [0.5, 0.6) is 0 Å². The van der Waals surface area contributed by atoms with E-state index in [1.54, 1.807) is 39.0 Å². The summed E-state index contributed by atoms with van der Waals surface area (Å²) in [5, 5.41) is 2.51. The largest absolute Gasteiger partial charge is 0.416 e. The number of benzene rings is 3. The first kappa shape index (κ1) is 32.9. The molecule has 1 N–H and O–H groups in total. The van der Waals surface area contributed by atoms with Crippen molar-refractivity contribution in [2.45, 2.75) is 63.8 Å². The van der Waals surface area contributed by atoms with Crippen molar-refractivity contribution in [1.29, 1.82) is 0 Å². The number of aryl methyl sites for hydroxylation is 1. The fraction of sp³-hybridized carbons (Fsp3) is 0.333. The zero-order valence-corrected chi connectivity index (χ0v) is 25.4. The lowest BCUT2D eigenvalue weighted by molar-refractivity contribution is -0.140. The van der Waals surface area contributed by atoms with Crippen LogP contribution in [0.1, 0.15) is 44.4 Å². The maximum atomic E-state index is 14.0. The number of alkyl halides is 3. The highest BCUT2D eigenvalue weighted by Gasteiger charge is 2.36. The fourth-order valence-electron chi connectivity index (χ4n) is 4.06. The lowest BCUT2D eigenvalue weighted by Gasteiger charge is -2.33. The zero-order valence-electron chi connectivity index (χ0n) is 23.9. The Bertz CT molecular complexity index is 1520. The van der Waals surface area contributed by atoms with Gasteiger partial charge in [0.15, 0.2) is 0 Å². The summed E-state index contributed by atoms with van der Waals surface area (Å²) < 4.78 is 69.1. The molecule has 0 bridgehead atoms. The van der Waals surface area contributed by atoms with Crippen LogP contribution in [0.25, 0.3) is 0 Å². The minimum Gasteiger partial charge on any atom is -0.350 e. The van der Waals surface area contributed by atoms with Crippen LogP contribution >= 0.6 is 11.6 Å². The lowest BCUT2D eigenvalue weighted by atomic mass is 10.1. The molecule has 0 aromatic heterocycles. The van der Waals surface area contributed by atoms with Crippen molar-refractivity contribution >= 4 is 39.1 Å². The molecule has 3 aromatic carbocycles. The van der Waals surface area contributed by atoms with Crippen LogP contribution in [0.2, 0.25) is 5.02 Å². The van der Waals surface area contributed by atoms with Gasteiger partial charge in [0.2, 0.25) is 11.8 Å². The Hall–Kier alpha value is -3.57. The minimum absolute atomic E-state index is 0.0621. The molecule has 1 unspecified atom stereocenters. The topological polar surface area (TPSA) is 86.8 Å². The SMILES string of the molecule is Cc1ccc(CN(C(=O)CN(c2cc(C(F)(F)F)ccc2Cl)S(=O)(=O)c2ccccc2)C(C)C(=O)NC(C)(C)C)cc1. The average Bonchev–Trinajstić information content (AvgIpc) is 2.90. The van der Waals surface area contributed by atoms with Gasteiger partial charge in [0.25, 0.3) is 10.0 Å². The second kappa shape index (κ2) is 12.7. The second-order valence-electron chi connectivity index (χ2n) is 10.9. The van der Waals surface area contributed by atoms with Gasteiger partial charge in [0, 0.05) is 12.1 Å². The van der Waals surface area contributed by atoms with Crippen LogP contribution in [0.3, 0.4) is 0 Å². The van der Waals surface area contributed by atoms with Crippen LogP contribution in [0, 0.1) is 6.92 Å². The Morgan fingerprint density at radius 1 is 0.952 bits per heavy atom. The van der Waals surface area contributed by atoms with Gasteiger partial charge in [-0.15, -0.1) is 0 Å². The zero-order chi connectivity index (χ0) is 31.5. The van der Waals surface area contributed by atoms with Gasteiger partial charge in [-0.05, 0) is 70.5 Å². The van der Waals surface area contributed by atoms with Gasteiger partial charge in [-0.1, -0.05) is 59.6 Å². The molecule has 3 aromatic rings. The van der Waals surface area contributed by atoms with E-state index in [1.165, 1.54) is 36.1 Å². The highest BCUT2D eigenvalue weighted by Crippen LogP contribution is 2.37. The third kappa shape index (κ3) is 8.25. The number of sulfonamides is 1. The third-order valence-corrected chi connectivity index (χ3v) is 8.38. The maximum absolute atomic E-state index is 14.0. The molecule has 0 aliphatic carbocycles. The van der Waals surface area contributed by atoms with Crippen LogP contribution in [0.4, 0.5) is 18.9 Å². The normalized spacial score (nSPS) is 12.9. The van der Waals surface area contributed by atoms with Gasteiger partial charge in [-0.3, -0.25) is 13.9 Å². The van der Waals surface area contributed by atoms with E-state index in [0.29, 0.717) is 15.9 Å². The van der Waals surface area contributed by atoms with Gasteiger partial charge in [-0.25, -0.2) is 8.42 Å². The number of amides is 2. The van der Waals surface area contributed by atoms with Crippen molar-refractivity contribution in [3.8, 4) is 0 Å². The van der Waals surface area contributed by atoms with Gasteiger partial charge >= 0.3 is 6.18 Å². The molecule has 0 aliphatic heterocycles. The summed E-state index contributed by atoms with van der Waals surface area (Å²) in [6.07, 6.45) is -4.80. The standard InChI is InChI=1S/C30H33ClF3N3O4S/c1-20-11-13-22(14-12-20)18-36(21(2)28(39)35-29(3,4)5)27(38)19-37(42(40,41)24-9-7-6-8-10-24)26-17-23(30(32,33)34)15-16-25(26)31/h6-17,21H,18-19H2,1-5H3,(H,35,39). The summed E-state index contributed by atoms with van der Waals surface area (Å²) in [6.45, 7) is 7.72. The van der Waals surface area contributed by atoms with Crippen molar-refractivity contribution in [3.05, 3.63) is 94.5 Å². The maximum Gasteiger partial charge on any atom is 0.416 e. The number of hydrogen-bond donors (Lipinski definition) is 1. The molecule has 42 heavy (non-hydrogen) atoms. The first-order valence-electron chi connectivity index (χ1n) is 13.0. The molecule has 0 spiro atoms. The molecule has 0 radical (unpaired) electrons. The summed E-state index contributed by atoms with van der Waals surface area (Å²) in [6, 6.07) is 15.4. The van der Waals surface area contributed by atoms with E-state index in [2.05, 4.69) is 5.32 Å². The molecule has 0 aliphatic rings. The smallest absolute Gasteiger partial charge is 0.350 e. The first-order valence-corrected chi connectivity index (χ1v) is 14.8. The number of nitrogens with zero attached hydrogens (tertiary/aromatic N) is 2. The molecule has 226 valence electrons. The Balaban J connectivity index is 2.13. The highest BCUT2D eigenvalue weighted by atomic mass is 35.5. The third-order valence-electron chi connectivity index (χ3n) is 6.29. The predicted molar refractivity (Wildman–Crippen MR) is 157 cm³/mol. The Morgan fingerprint density at radius 2 is 1.55 bits per heavy atom. The molecule has 12 heteroatoms. The van der Waals surface area contributed by atoms with Gasteiger partial charge < -0.3 is 10.2 Å². The van der Waals surface area contributed by atoms with Crippen molar-refractivity contribution in [3.63, 3.8) is 0 Å². The number of carbonyl (C=O) groups is 2. The van der Waals surface area contributed by atoms with Crippen molar-refractivity contribution < 1.29 is 31.2 Å². The summed E-state index contributed by atoms with van der Waals surface area (Å²) in [5.41, 5.74) is -0.658. The van der Waals surface area contributed by atoms with Crippen LogP contribution < -0.4 is 9.62 Å². The van der Waals surface area contributed by atoms with E-state index in [0.717, 1.165) is 17.7 Å². The molecule has 0 fully saturated rings. The fourth-order valence-corrected chi connectivity index (χ4v) is 5.78. The number of nitrogens with one attached hydrogen (secondary N) is 1. The first-order chi connectivity index (χ1) is 19.4. The average molecular weight is 624 g/mol. The minimum atomic E-state index is -4.80. The van der Waals surface area contributed by atoms with E-state index in [4.69, 9.17) is 11.6 Å². The Kier molecular flexibility index (Phi) is 10.00. The van der Waals surface area contributed by atoms with Gasteiger partial charge in [0.1, 0.15) is 12.6 Å². The summed E-state index contributed by atoms with van der Waals surface area (Å²) >= 11 is 6.27. The van der Waals surface area contributed by atoms with E-state index >= 15 is 0 Å². The Morgan fingerprint density at radius 3 is 2.10 bits per heavy atom. The predicted octanol–water partition coefficient (Wildman–Crippen LogP) is 6.19. The van der Waals surface area contributed by atoms with Crippen LogP contribution in [-0.2, 0) is 32.3 Å². The second-order valence-corrected chi connectivity index (χ2v) is 13.2. The molecule has 0 saturated heterocycles. The summed E-state index contributed by atoms with van der Waals surface area (Å²) in [4.78, 5) is 28.0. The lowest BCUT2D eigenvalue weighted by Crippen LogP contribution is -2.54. The number of carbonyl (C=O) groups excluding carboxylic acids is 2. The molecule has 1 atom stereocenters. The summed E-state index contributed by atoms with van der Waals surface area (Å²) in [5.74, 6) is -1.31. The molecule has 3 rings (SSSR count). The number of anilines is 1. The quantitative estimate of drug-likeness (QED) is 0.308. The van der Waals surface area contributed by atoms with Crippen molar-refractivity contribution in [2.24, 2.45) is 0 Å². The van der Waals surface area contributed by atoms with E-state index in [9.17, 15) is 31.2 Å². The Labute approximate surface area is 249 Å².